The second-order valence-electron chi connectivity index (χ2n) is 4.83. The van der Waals surface area contributed by atoms with Crippen LogP contribution in [0.25, 0.3) is 0 Å². The van der Waals surface area contributed by atoms with Crippen LogP contribution in [-0.2, 0) is 19.2 Å². The molecule has 4 N–H and O–H groups in total. The minimum Gasteiger partial charge on any atom is -0.479 e. The van der Waals surface area contributed by atoms with Gasteiger partial charge in [-0.1, -0.05) is 12.1 Å². The topological polar surface area (TPSA) is 159 Å². The molecule has 1 aromatic carbocycles. The Morgan fingerprint density at radius 2 is 1.46 bits per heavy atom. The summed E-state index contributed by atoms with van der Waals surface area (Å²) in [4.78, 5) is 42.4. The Morgan fingerprint density at radius 1 is 1.00 bits per heavy atom. The van der Waals surface area contributed by atoms with E-state index in [4.69, 9.17) is 24.5 Å². The molecule has 1 unspecified atom stereocenters. The SMILES string of the molecule is CNC(Oc1ccccc1OCC(=O)O)(C(C)=O)C(=O)O.O=C(O)C(F)(F)F. The molecule has 0 radical (unpaired) electrons. The zero-order valence-corrected chi connectivity index (χ0v) is 14.4. The average molecular weight is 411 g/mol. The fourth-order valence-corrected chi connectivity index (χ4v) is 1.56. The van der Waals surface area contributed by atoms with E-state index in [2.05, 4.69) is 5.32 Å². The van der Waals surface area contributed by atoms with Crippen LogP contribution in [0.2, 0.25) is 0 Å². The summed E-state index contributed by atoms with van der Waals surface area (Å²) in [5.41, 5.74) is -2.28. The predicted octanol–water partition coefficient (Wildman–Crippen LogP) is 0.751. The van der Waals surface area contributed by atoms with Gasteiger partial charge in [0.15, 0.2) is 23.9 Å². The van der Waals surface area contributed by atoms with Gasteiger partial charge in [0.05, 0.1) is 0 Å². The van der Waals surface area contributed by atoms with Gasteiger partial charge in [-0.25, -0.2) is 14.4 Å². The number of halogens is 3. The highest BCUT2D eigenvalue weighted by atomic mass is 19.4. The summed E-state index contributed by atoms with van der Waals surface area (Å²) in [7, 11) is 1.26. The number of hydrogen-bond donors (Lipinski definition) is 4. The summed E-state index contributed by atoms with van der Waals surface area (Å²) < 4.78 is 42.0. The van der Waals surface area contributed by atoms with Crippen LogP contribution < -0.4 is 14.8 Å². The third-order valence-electron chi connectivity index (χ3n) is 2.85. The molecule has 1 aromatic rings. The lowest BCUT2D eigenvalue weighted by Gasteiger charge is -2.27. The summed E-state index contributed by atoms with van der Waals surface area (Å²) in [5, 5.41) is 27.3. The number of carboxylic acids is 3. The van der Waals surface area contributed by atoms with E-state index in [1.165, 1.54) is 25.2 Å². The van der Waals surface area contributed by atoms with Crippen LogP contribution >= 0.6 is 0 Å². The Kier molecular flexibility index (Phi) is 8.90. The summed E-state index contributed by atoms with van der Waals surface area (Å²) in [6.45, 7) is 0.436. The quantitative estimate of drug-likeness (QED) is 0.355. The molecule has 0 spiro atoms. The van der Waals surface area contributed by atoms with Crippen molar-refractivity contribution in [2.75, 3.05) is 13.7 Å². The first-order valence-electron chi connectivity index (χ1n) is 7.14. The molecule has 0 amide bonds. The molecule has 0 saturated heterocycles. The molecule has 10 nitrogen and oxygen atoms in total. The number of nitrogens with one attached hydrogen (secondary N) is 1. The Bertz CT molecular complexity index is 720. The fraction of sp³-hybridized carbons (Fsp3) is 0.333. The number of ether oxygens (including phenoxy) is 2. The number of carbonyl (C=O) groups is 4. The average Bonchev–Trinajstić information content (AvgIpc) is 2.57. The van der Waals surface area contributed by atoms with Crippen LogP contribution in [0.1, 0.15) is 6.92 Å². The van der Waals surface area contributed by atoms with Crippen LogP contribution in [0, 0.1) is 0 Å². The van der Waals surface area contributed by atoms with Crippen molar-refractivity contribution < 1.29 is 57.1 Å². The summed E-state index contributed by atoms with van der Waals surface area (Å²) in [6.07, 6.45) is -5.08. The standard InChI is InChI=1S/C13H15NO7.C2HF3O2/c1-8(15)13(14-2,12(18)19)21-10-6-4-3-5-9(10)20-7-11(16)17;3-2(4,5)1(6)7/h3-6,14H,7H2,1-2H3,(H,16,17)(H,18,19);(H,6,7). The smallest absolute Gasteiger partial charge is 0.479 e. The highest BCUT2D eigenvalue weighted by Gasteiger charge is 2.45. The van der Waals surface area contributed by atoms with Gasteiger partial charge in [-0.05, 0) is 19.2 Å². The first-order valence-corrected chi connectivity index (χ1v) is 7.14. The van der Waals surface area contributed by atoms with Gasteiger partial charge in [0, 0.05) is 6.92 Å². The molecule has 0 heterocycles. The van der Waals surface area contributed by atoms with E-state index in [9.17, 15) is 32.7 Å². The lowest BCUT2D eigenvalue weighted by molar-refractivity contribution is -0.192. The van der Waals surface area contributed by atoms with Gasteiger partial charge < -0.3 is 24.8 Å². The number of alkyl halides is 3. The van der Waals surface area contributed by atoms with Gasteiger partial charge in [0.1, 0.15) is 0 Å². The van der Waals surface area contributed by atoms with Crippen LogP contribution in [-0.4, -0.2) is 64.6 Å². The third kappa shape index (κ3) is 7.11. The van der Waals surface area contributed by atoms with Crippen molar-refractivity contribution in [3.8, 4) is 11.5 Å². The lowest BCUT2D eigenvalue weighted by Crippen LogP contribution is -2.60. The number of para-hydroxylation sites is 2. The monoisotopic (exact) mass is 411 g/mol. The highest BCUT2D eigenvalue weighted by Crippen LogP contribution is 2.29. The number of rotatable bonds is 8. The number of ketones is 1. The molecule has 0 saturated carbocycles. The van der Waals surface area contributed by atoms with Gasteiger partial charge in [-0.2, -0.15) is 13.2 Å². The van der Waals surface area contributed by atoms with Crippen LogP contribution in [0.15, 0.2) is 24.3 Å². The van der Waals surface area contributed by atoms with Crippen molar-refractivity contribution in [2.24, 2.45) is 0 Å². The van der Waals surface area contributed by atoms with Gasteiger partial charge in [-0.15, -0.1) is 0 Å². The molecule has 0 aliphatic heterocycles. The van der Waals surface area contributed by atoms with Gasteiger partial charge in [-0.3, -0.25) is 10.1 Å². The van der Waals surface area contributed by atoms with Gasteiger partial charge >= 0.3 is 29.8 Å². The molecule has 0 fully saturated rings. The lowest BCUT2D eigenvalue weighted by atomic mass is 10.1. The summed E-state index contributed by atoms with van der Waals surface area (Å²) in [5.74, 6) is -6.30. The molecule has 0 bridgehead atoms. The number of likely N-dealkylation sites (N-methyl/N-ethyl adjacent to an activating group) is 1. The summed E-state index contributed by atoms with van der Waals surface area (Å²) in [6, 6.07) is 5.86. The van der Waals surface area contributed by atoms with Gasteiger partial charge in [0.2, 0.25) is 0 Å². The largest absolute Gasteiger partial charge is 0.490 e. The highest BCUT2D eigenvalue weighted by molar-refractivity contribution is 6.05. The maximum absolute atomic E-state index is 11.6. The maximum atomic E-state index is 11.6. The molecule has 0 aliphatic rings. The minimum absolute atomic E-state index is 0.0158. The Hall–Kier alpha value is -3.35. The van der Waals surface area contributed by atoms with Gasteiger partial charge in [0.25, 0.3) is 0 Å². The zero-order chi connectivity index (χ0) is 22.1. The van der Waals surface area contributed by atoms with E-state index in [1.54, 1.807) is 6.07 Å². The van der Waals surface area contributed by atoms with E-state index in [0.717, 1.165) is 6.92 Å². The van der Waals surface area contributed by atoms with Crippen molar-refractivity contribution in [3.63, 3.8) is 0 Å². The van der Waals surface area contributed by atoms with Crippen molar-refractivity contribution in [1.29, 1.82) is 0 Å². The number of aliphatic carboxylic acids is 3. The molecule has 1 atom stereocenters. The molecule has 13 heteroatoms. The molecular formula is C15H16F3NO9. The zero-order valence-electron chi connectivity index (χ0n) is 14.4. The van der Waals surface area contributed by atoms with Crippen molar-refractivity contribution in [3.05, 3.63) is 24.3 Å². The Balaban J connectivity index is 0.000000887. The fourth-order valence-electron chi connectivity index (χ4n) is 1.56. The molecular weight excluding hydrogens is 395 g/mol. The summed E-state index contributed by atoms with van der Waals surface area (Å²) >= 11 is 0. The van der Waals surface area contributed by atoms with Crippen molar-refractivity contribution >= 4 is 23.7 Å². The molecule has 0 aliphatic carbocycles. The number of carboxylic acid groups (broad SMARTS) is 3. The van der Waals surface area contributed by atoms with E-state index >= 15 is 0 Å². The Labute approximate surface area is 155 Å². The normalized spacial score (nSPS) is 12.6. The van der Waals surface area contributed by atoms with E-state index < -0.39 is 42.2 Å². The third-order valence-corrected chi connectivity index (χ3v) is 2.85. The predicted molar refractivity (Wildman–Crippen MR) is 84.0 cm³/mol. The molecule has 156 valence electrons. The van der Waals surface area contributed by atoms with Crippen LogP contribution in [0.4, 0.5) is 13.2 Å². The van der Waals surface area contributed by atoms with Crippen LogP contribution in [0.5, 0.6) is 11.5 Å². The Morgan fingerprint density at radius 3 is 1.79 bits per heavy atom. The number of Topliss-reactive ketones (excluding diaryl/α,β-unsaturated/α-hetero) is 1. The maximum Gasteiger partial charge on any atom is 0.490 e. The molecule has 1 rings (SSSR count). The van der Waals surface area contributed by atoms with E-state index in [1.807, 2.05) is 0 Å². The first kappa shape index (κ1) is 24.7. The molecule has 28 heavy (non-hydrogen) atoms. The number of carbonyl (C=O) groups excluding carboxylic acids is 1. The first-order chi connectivity index (χ1) is 12.8. The van der Waals surface area contributed by atoms with E-state index in [0.29, 0.717) is 0 Å². The van der Waals surface area contributed by atoms with Crippen LogP contribution in [0.3, 0.4) is 0 Å². The number of benzene rings is 1. The second kappa shape index (κ2) is 10.1. The number of hydrogen-bond acceptors (Lipinski definition) is 7. The minimum atomic E-state index is -5.08. The second-order valence-corrected chi connectivity index (χ2v) is 4.83. The van der Waals surface area contributed by atoms with Crippen molar-refractivity contribution in [1.82, 2.24) is 5.32 Å². The van der Waals surface area contributed by atoms with E-state index in [-0.39, 0.29) is 11.5 Å². The molecule has 0 aromatic heterocycles. The van der Waals surface area contributed by atoms with Crippen molar-refractivity contribution in [2.45, 2.75) is 18.8 Å².